The fourth-order valence-electron chi connectivity index (χ4n) is 2.15. The molecule has 0 spiro atoms. The highest BCUT2D eigenvalue weighted by molar-refractivity contribution is 7.89. The Morgan fingerprint density at radius 3 is 2.76 bits per heavy atom. The van der Waals surface area contributed by atoms with Gasteiger partial charge >= 0.3 is 6.61 Å². The Labute approximate surface area is 126 Å². The lowest BCUT2D eigenvalue weighted by atomic mass is 10.3. The van der Waals surface area contributed by atoms with Gasteiger partial charge in [0.2, 0.25) is 10.0 Å². The Kier molecular flexibility index (Phi) is 5.03. The second kappa shape index (κ2) is 6.43. The summed E-state index contributed by atoms with van der Waals surface area (Å²) in [6.45, 7) is 0.234. The van der Waals surface area contributed by atoms with Crippen molar-refractivity contribution in [3.05, 3.63) is 23.2 Å². The van der Waals surface area contributed by atoms with E-state index in [4.69, 9.17) is 11.6 Å². The van der Waals surface area contributed by atoms with Crippen LogP contribution in [0.3, 0.4) is 0 Å². The number of alkyl halides is 2. The predicted octanol–water partition coefficient (Wildman–Crippen LogP) is 1.92. The van der Waals surface area contributed by atoms with Gasteiger partial charge in [0.25, 0.3) is 0 Å². The maximum absolute atomic E-state index is 12.5. The molecule has 1 fully saturated rings. The molecule has 0 bridgehead atoms. The van der Waals surface area contributed by atoms with Gasteiger partial charge in [-0.15, -0.1) is 0 Å². The zero-order valence-corrected chi connectivity index (χ0v) is 12.8. The first-order chi connectivity index (χ1) is 9.82. The smallest absolute Gasteiger partial charge is 0.387 e. The van der Waals surface area contributed by atoms with Crippen LogP contribution in [0.25, 0.3) is 0 Å². The van der Waals surface area contributed by atoms with Crippen LogP contribution < -0.4 is 10.1 Å². The van der Waals surface area contributed by atoms with E-state index in [9.17, 15) is 17.2 Å². The maximum atomic E-state index is 12.5. The first-order valence-electron chi connectivity index (χ1n) is 6.29. The highest BCUT2D eigenvalue weighted by atomic mass is 35.5. The van der Waals surface area contributed by atoms with Crippen molar-refractivity contribution < 1.29 is 21.9 Å². The third-order valence-corrected chi connectivity index (χ3v) is 5.47. The zero-order chi connectivity index (χ0) is 15.6. The van der Waals surface area contributed by atoms with Gasteiger partial charge in [0.1, 0.15) is 5.75 Å². The Morgan fingerprint density at radius 1 is 1.48 bits per heavy atom. The van der Waals surface area contributed by atoms with Gasteiger partial charge in [-0.05, 0) is 25.1 Å². The summed E-state index contributed by atoms with van der Waals surface area (Å²) >= 11 is 5.80. The quantitative estimate of drug-likeness (QED) is 0.910. The number of nitrogens with zero attached hydrogens (tertiary/aromatic N) is 1. The van der Waals surface area contributed by atoms with Crippen molar-refractivity contribution in [1.82, 2.24) is 9.62 Å². The van der Waals surface area contributed by atoms with E-state index < -0.39 is 16.6 Å². The number of nitrogens with one attached hydrogen (secondary N) is 1. The summed E-state index contributed by atoms with van der Waals surface area (Å²) in [4.78, 5) is -0.0390. The van der Waals surface area contributed by atoms with Crippen LogP contribution in [-0.4, -0.2) is 45.0 Å². The van der Waals surface area contributed by atoms with Crippen LogP contribution in [0.2, 0.25) is 5.02 Å². The Hall–Kier alpha value is -0.960. The molecule has 2 rings (SSSR count). The molecule has 1 atom stereocenters. The highest BCUT2D eigenvalue weighted by Gasteiger charge is 2.31. The number of halogens is 3. The topological polar surface area (TPSA) is 58.6 Å². The molecule has 21 heavy (non-hydrogen) atoms. The van der Waals surface area contributed by atoms with Gasteiger partial charge in [0.15, 0.2) is 0 Å². The van der Waals surface area contributed by atoms with E-state index in [1.807, 2.05) is 0 Å². The number of ether oxygens (including phenoxy) is 1. The van der Waals surface area contributed by atoms with Crippen molar-refractivity contribution in [1.29, 1.82) is 0 Å². The molecule has 118 valence electrons. The lowest BCUT2D eigenvalue weighted by molar-refractivity contribution is -0.0498. The number of hydrogen-bond acceptors (Lipinski definition) is 4. The molecule has 0 radical (unpaired) electrons. The Balaban J connectivity index is 2.30. The fourth-order valence-corrected chi connectivity index (χ4v) is 4.10. The minimum Gasteiger partial charge on any atom is -0.433 e. The van der Waals surface area contributed by atoms with Gasteiger partial charge in [-0.3, -0.25) is 0 Å². The average molecular weight is 341 g/mol. The minimum absolute atomic E-state index is 0.0390. The second-order valence-corrected chi connectivity index (χ2v) is 6.94. The highest BCUT2D eigenvalue weighted by Crippen LogP contribution is 2.30. The lowest BCUT2D eigenvalue weighted by Crippen LogP contribution is -2.52. The molecule has 1 aromatic rings. The van der Waals surface area contributed by atoms with E-state index in [-0.39, 0.29) is 21.7 Å². The van der Waals surface area contributed by atoms with Gasteiger partial charge in [0, 0.05) is 25.7 Å². The standard InChI is InChI=1S/C12H15ClF2N2O3S/c1-8-7-16-4-5-17(8)21(18,19)9-2-3-11(10(13)6-9)20-12(14)15/h2-3,6,8,12,16H,4-5,7H2,1H3. The number of hydrogen-bond donors (Lipinski definition) is 1. The number of piperazine rings is 1. The van der Waals surface area contributed by atoms with Crippen molar-refractivity contribution in [2.45, 2.75) is 24.5 Å². The molecule has 1 unspecified atom stereocenters. The van der Waals surface area contributed by atoms with Gasteiger partial charge in [-0.1, -0.05) is 11.6 Å². The summed E-state index contributed by atoms with van der Waals surface area (Å²) in [7, 11) is -3.71. The molecule has 1 heterocycles. The van der Waals surface area contributed by atoms with Crippen molar-refractivity contribution in [2.75, 3.05) is 19.6 Å². The summed E-state index contributed by atoms with van der Waals surface area (Å²) in [6.07, 6.45) is 0. The summed E-state index contributed by atoms with van der Waals surface area (Å²) in [5.41, 5.74) is 0. The number of benzene rings is 1. The van der Waals surface area contributed by atoms with Crippen LogP contribution >= 0.6 is 11.6 Å². The monoisotopic (exact) mass is 340 g/mol. The molecule has 0 saturated carbocycles. The summed E-state index contributed by atoms with van der Waals surface area (Å²) in [5.74, 6) is -0.251. The third-order valence-electron chi connectivity index (χ3n) is 3.17. The Morgan fingerprint density at radius 2 is 2.19 bits per heavy atom. The number of rotatable bonds is 4. The first-order valence-corrected chi connectivity index (χ1v) is 8.11. The third kappa shape index (κ3) is 3.63. The van der Waals surface area contributed by atoms with Crippen LogP contribution in [0.15, 0.2) is 23.1 Å². The first kappa shape index (κ1) is 16.4. The van der Waals surface area contributed by atoms with Crippen molar-refractivity contribution in [3.63, 3.8) is 0 Å². The van der Waals surface area contributed by atoms with Gasteiger partial charge < -0.3 is 10.1 Å². The molecule has 5 nitrogen and oxygen atoms in total. The molecule has 0 amide bonds. The van der Waals surface area contributed by atoms with E-state index in [1.165, 1.54) is 10.4 Å². The molecule has 0 aliphatic carbocycles. The second-order valence-electron chi connectivity index (χ2n) is 4.64. The Bertz CT molecular complexity index is 613. The van der Waals surface area contributed by atoms with E-state index >= 15 is 0 Å². The molecular weight excluding hydrogens is 326 g/mol. The number of sulfonamides is 1. The lowest BCUT2D eigenvalue weighted by Gasteiger charge is -2.32. The van der Waals surface area contributed by atoms with Crippen LogP contribution in [0, 0.1) is 0 Å². The summed E-state index contributed by atoms with van der Waals surface area (Å²) in [5, 5.41) is 2.93. The van der Waals surface area contributed by atoms with Crippen LogP contribution in [-0.2, 0) is 10.0 Å². The van der Waals surface area contributed by atoms with E-state index in [0.29, 0.717) is 19.6 Å². The molecule has 0 aromatic heterocycles. The predicted molar refractivity (Wildman–Crippen MR) is 74.3 cm³/mol. The average Bonchev–Trinajstić information content (AvgIpc) is 2.40. The van der Waals surface area contributed by atoms with Crippen LogP contribution in [0.4, 0.5) is 8.78 Å². The van der Waals surface area contributed by atoms with Gasteiger partial charge in [-0.2, -0.15) is 13.1 Å². The molecule has 1 aliphatic rings. The zero-order valence-electron chi connectivity index (χ0n) is 11.2. The van der Waals surface area contributed by atoms with E-state index in [0.717, 1.165) is 12.1 Å². The molecule has 1 saturated heterocycles. The van der Waals surface area contributed by atoms with Crippen molar-refractivity contribution in [3.8, 4) is 5.75 Å². The summed E-state index contributed by atoms with van der Waals surface area (Å²) < 4.78 is 55.0. The van der Waals surface area contributed by atoms with Gasteiger partial charge in [-0.25, -0.2) is 8.42 Å². The largest absolute Gasteiger partial charge is 0.433 e. The summed E-state index contributed by atoms with van der Waals surface area (Å²) in [6, 6.07) is 3.28. The minimum atomic E-state index is -3.71. The van der Waals surface area contributed by atoms with E-state index in [2.05, 4.69) is 10.1 Å². The van der Waals surface area contributed by atoms with Crippen LogP contribution in [0.1, 0.15) is 6.92 Å². The normalized spacial score (nSPS) is 20.7. The SMILES string of the molecule is CC1CNCCN1S(=O)(=O)c1ccc(OC(F)F)c(Cl)c1. The maximum Gasteiger partial charge on any atom is 0.387 e. The van der Waals surface area contributed by atoms with Crippen molar-refractivity contribution in [2.24, 2.45) is 0 Å². The fraction of sp³-hybridized carbons (Fsp3) is 0.500. The molecular formula is C12H15ClF2N2O3S. The molecule has 9 heteroatoms. The van der Waals surface area contributed by atoms with Gasteiger partial charge in [0.05, 0.1) is 9.92 Å². The molecule has 1 aliphatic heterocycles. The van der Waals surface area contributed by atoms with Crippen molar-refractivity contribution >= 4 is 21.6 Å². The molecule has 1 N–H and O–H groups in total. The molecule has 1 aromatic carbocycles. The van der Waals surface area contributed by atoms with Crippen LogP contribution in [0.5, 0.6) is 5.75 Å². The van der Waals surface area contributed by atoms with E-state index in [1.54, 1.807) is 6.92 Å².